The van der Waals surface area contributed by atoms with Gasteiger partial charge < -0.3 is 15.4 Å². The number of rotatable bonds is 0. The summed E-state index contributed by atoms with van der Waals surface area (Å²) in [5.74, 6) is 0.532. The van der Waals surface area contributed by atoms with E-state index in [0.29, 0.717) is 18.9 Å². The number of carbonyl (C=O) groups excluding carboxylic acids is 1. The van der Waals surface area contributed by atoms with Crippen molar-refractivity contribution >= 4 is 11.9 Å². The smallest absolute Gasteiger partial charge is 0.410 e. The normalized spacial score (nSPS) is 15.6. The molecule has 19 heavy (non-hydrogen) atoms. The Morgan fingerprint density at radius 1 is 1.32 bits per heavy atom. The standard InChI is InChI=1S/C14H21N3O2/c1-14(2,3)19-13(18)17-8-6-10-4-5-12(15)16-11(10)7-9-17/h4-5H,6-9H2,1-3H3,(H2,15,16). The Hall–Kier alpha value is -1.78. The van der Waals surface area contributed by atoms with E-state index >= 15 is 0 Å². The van der Waals surface area contributed by atoms with Gasteiger partial charge in [-0.05, 0) is 38.8 Å². The zero-order chi connectivity index (χ0) is 14.0. The van der Waals surface area contributed by atoms with Crippen molar-refractivity contribution in [3.63, 3.8) is 0 Å². The lowest BCUT2D eigenvalue weighted by Gasteiger charge is -2.26. The second kappa shape index (κ2) is 5.07. The van der Waals surface area contributed by atoms with Gasteiger partial charge in [-0.15, -0.1) is 0 Å². The van der Waals surface area contributed by atoms with Gasteiger partial charge in [0.1, 0.15) is 11.4 Å². The van der Waals surface area contributed by atoms with Gasteiger partial charge in [0.15, 0.2) is 0 Å². The van der Waals surface area contributed by atoms with Gasteiger partial charge in [-0.2, -0.15) is 0 Å². The van der Waals surface area contributed by atoms with Crippen molar-refractivity contribution in [2.24, 2.45) is 0 Å². The zero-order valence-electron chi connectivity index (χ0n) is 11.8. The first-order valence-corrected chi connectivity index (χ1v) is 6.57. The Morgan fingerprint density at radius 2 is 2.00 bits per heavy atom. The van der Waals surface area contributed by atoms with Crippen LogP contribution >= 0.6 is 0 Å². The fourth-order valence-electron chi connectivity index (χ4n) is 2.11. The SMILES string of the molecule is CC(C)(C)OC(=O)N1CCc2ccc(N)nc2CC1. The molecule has 1 aliphatic heterocycles. The number of fused-ring (bicyclic) bond motifs is 1. The van der Waals surface area contributed by atoms with E-state index in [1.54, 1.807) is 4.90 Å². The van der Waals surface area contributed by atoms with Crippen LogP contribution in [0, 0.1) is 0 Å². The van der Waals surface area contributed by atoms with Crippen molar-refractivity contribution in [1.29, 1.82) is 0 Å². The van der Waals surface area contributed by atoms with E-state index in [2.05, 4.69) is 4.98 Å². The van der Waals surface area contributed by atoms with Gasteiger partial charge in [-0.1, -0.05) is 6.07 Å². The summed E-state index contributed by atoms with van der Waals surface area (Å²) in [5, 5.41) is 0. The van der Waals surface area contributed by atoms with Gasteiger partial charge in [0.05, 0.1) is 0 Å². The maximum absolute atomic E-state index is 12.0. The minimum atomic E-state index is -0.459. The minimum absolute atomic E-state index is 0.256. The minimum Gasteiger partial charge on any atom is -0.444 e. The highest BCUT2D eigenvalue weighted by atomic mass is 16.6. The van der Waals surface area contributed by atoms with Gasteiger partial charge in [0, 0.05) is 25.2 Å². The number of hydrogen-bond donors (Lipinski definition) is 1. The van der Waals surface area contributed by atoms with Crippen LogP contribution in [0.15, 0.2) is 12.1 Å². The monoisotopic (exact) mass is 263 g/mol. The fourth-order valence-corrected chi connectivity index (χ4v) is 2.11. The Labute approximate surface area is 113 Å². The lowest BCUT2D eigenvalue weighted by Crippen LogP contribution is -2.38. The van der Waals surface area contributed by atoms with Gasteiger partial charge >= 0.3 is 6.09 Å². The van der Waals surface area contributed by atoms with Crippen LogP contribution in [0.5, 0.6) is 0 Å². The summed E-state index contributed by atoms with van der Waals surface area (Å²) >= 11 is 0. The molecule has 104 valence electrons. The first kappa shape index (κ1) is 13.6. The predicted octanol–water partition coefficient (Wildman–Crippen LogP) is 2.00. The average Bonchev–Trinajstić information content (AvgIpc) is 2.48. The highest BCUT2D eigenvalue weighted by Crippen LogP contribution is 2.17. The van der Waals surface area contributed by atoms with E-state index in [-0.39, 0.29) is 6.09 Å². The number of anilines is 1. The number of carbonyl (C=O) groups is 1. The zero-order valence-corrected chi connectivity index (χ0v) is 11.8. The van der Waals surface area contributed by atoms with Gasteiger partial charge in [0.2, 0.25) is 0 Å². The number of ether oxygens (including phenoxy) is 1. The molecule has 2 N–H and O–H groups in total. The molecular weight excluding hydrogens is 242 g/mol. The molecule has 1 aromatic heterocycles. The molecule has 2 heterocycles. The molecule has 5 heteroatoms. The van der Waals surface area contributed by atoms with Crippen molar-refractivity contribution in [2.45, 2.75) is 39.2 Å². The molecule has 5 nitrogen and oxygen atoms in total. The summed E-state index contributed by atoms with van der Waals surface area (Å²) in [4.78, 5) is 18.1. The number of amides is 1. The lowest BCUT2D eigenvalue weighted by molar-refractivity contribution is 0.0258. The maximum Gasteiger partial charge on any atom is 0.410 e. The van der Waals surface area contributed by atoms with Gasteiger partial charge in [-0.25, -0.2) is 9.78 Å². The Balaban J connectivity index is 2.05. The van der Waals surface area contributed by atoms with Crippen molar-refractivity contribution in [2.75, 3.05) is 18.8 Å². The highest BCUT2D eigenvalue weighted by Gasteiger charge is 2.24. The number of nitrogens with zero attached hydrogens (tertiary/aromatic N) is 2. The van der Waals surface area contributed by atoms with Gasteiger partial charge in [0.25, 0.3) is 0 Å². The Bertz CT molecular complexity index is 480. The van der Waals surface area contributed by atoms with Crippen LogP contribution in [0.25, 0.3) is 0 Å². The Morgan fingerprint density at radius 3 is 2.68 bits per heavy atom. The van der Waals surface area contributed by atoms with Crippen LogP contribution in [-0.4, -0.2) is 34.7 Å². The summed E-state index contributed by atoms with van der Waals surface area (Å²) in [7, 11) is 0. The van der Waals surface area contributed by atoms with Crippen LogP contribution in [0.4, 0.5) is 10.6 Å². The van der Waals surface area contributed by atoms with Crippen LogP contribution < -0.4 is 5.73 Å². The first-order valence-electron chi connectivity index (χ1n) is 6.57. The number of pyridine rings is 1. The number of nitrogens with two attached hydrogens (primary N) is 1. The quantitative estimate of drug-likeness (QED) is 0.777. The summed E-state index contributed by atoms with van der Waals surface area (Å²) < 4.78 is 5.40. The molecule has 0 aromatic carbocycles. The molecule has 1 amide bonds. The van der Waals surface area contributed by atoms with E-state index in [1.165, 1.54) is 5.56 Å². The summed E-state index contributed by atoms with van der Waals surface area (Å²) in [6.07, 6.45) is 1.26. The van der Waals surface area contributed by atoms with Crippen molar-refractivity contribution < 1.29 is 9.53 Å². The molecule has 1 aliphatic rings. The third-order valence-electron chi connectivity index (χ3n) is 3.01. The van der Waals surface area contributed by atoms with E-state index in [1.807, 2.05) is 32.9 Å². The lowest BCUT2D eigenvalue weighted by atomic mass is 10.1. The fraction of sp³-hybridized carbons (Fsp3) is 0.571. The van der Waals surface area contributed by atoms with E-state index in [0.717, 1.165) is 18.5 Å². The average molecular weight is 263 g/mol. The molecule has 0 fully saturated rings. The van der Waals surface area contributed by atoms with Crippen LogP contribution in [0.3, 0.4) is 0 Å². The summed E-state index contributed by atoms with van der Waals surface area (Å²) in [6.45, 7) is 6.91. The number of aromatic nitrogens is 1. The topological polar surface area (TPSA) is 68.5 Å². The molecule has 0 bridgehead atoms. The molecular formula is C14H21N3O2. The summed E-state index contributed by atoms with van der Waals surface area (Å²) in [6, 6.07) is 3.80. The van der Waals surface area contributed by atoms with Crippen LogP contribution in [0.1, 0.15) is 32.0 Å². The summed E-state index contributed by atoms with van der Waals surface area (Å²) in [5.41, 5.74) is 7.39. The molecule has 0 radical (unpaired) electrons. The molecule has 0 saturated heterocycles. The van der Waals surface area contributed by atoms with Crippen molar-refractivity contribution in [1.82, 2.24) is 9.88 Å². The second-order valence-corrected chi connectivity index (χ2v) is 5.81. The third kappa shape index (κ3) is 3.59. The third-order valence-corrected chi connectivity index (χ3v) is 3.01. The number of hydrogen-bond acceptors (Lipinski definition) is 4. The van der Waals surface area contributed by atoms with Crippen molar-refractivity contribution in [3.05, 3.63) is 23.4 Å². The molecule has 1 aromatic rings. The predicted molar refractivity (Wildman–Crippen MR) is 73.9 cm³/mol. The molecule has 0 atom stereocenters. The molecule has 2 rings (SSSR count). The first-order chi connectivity index (χ1) is 8.85. The van der Waals surface area contributed by atoms with Crippen molar-refractivity contribution in [3.8, 4) is 0 Å². The van der Waals surface area contributed by atoms with Gasteiger partial charge in [-0.3, -0.25) is 0 Å². The highest BCUT2D eigenvalue weighted by molar-refractivity contribution is 5.68. The van der Waals surface area contributed by atoms with E-state index < -0.39 is 5.60 Å². The molecule has 0 aliphatic carbocycles. The number of nitrogen functional groups attached to an aromatic ring is 1. The van der Waals surface area contributed by atoms with E-state index in [4.69, 9.17) is 10.5 Å². The Kier molecular flexibility index (Phi) is 3.64. The molecule has 0 unspecified atom stereocenters. The maximum atomic E-state index is 12.0. The largest absolute Gasteiger partial charge is 0.444 e. The van der Waals surface area contributed by atoms with E-state index in [9.17, 15) is 4.79 Å². The second-order valence-electron chi connectivity index (χ2n) is 5.81. The van der Waals surface area contributed by atoms with Crippen LogP contribution in [0.2, 0.25) is 0 Å². The molecule has 0 saturated carbocycles. The molecule has 0 spiro atoms. The van der Waals surface area contributed by atoms with Crippen LogP contribution in [-0.2, 0) is 17.6 Å².